The van der Waals surface area contributed by atoms with Crippen LogP contribution in [0.4, 0.5) is 0 Å². The number of likely N-dealkylation sites (tertiary alicyclic amines) is 1. The number of rotatable bonds is 2. The molecule has 0 saturated carbocycles. The molecule has 0 N–H and O–H groups in total. The second kappa shape index (κ2) is 3.79. The molecule has 0 atom stereocenters. The van der Waals surface area contributed by atoms with Crippen LogP contribution in [-0.4, -0.2) is 36.1 Å². The normalized spacial score (nSPS) is 18.3. The zero-order valence-corrected chi connectivity index (χ0v) is 9.56. The minimum Gasteiger partial charge on any atom is -0.472 e. The van der Waals surface area contributed by atoms with Gasteiger partial charge < -0.3 is 4.74 Å². The molecule has 1 aliphatic heterocycles. The lowest BCUT2D eigenvalue weighted by molar-refractivity contribution is 0.0355. The molecule has 13 heavy (non-hydrogen) atoms. The smallest absolute Gasteiger partial charge is 0.213 e. The Balaban J connectivity index is 1.91. The molecule has 1 fully saturated rings. The topological polar surface area (TPSA) is 25.4 Å². The van der Waals surface area contributed by atoms with Gasteiger partial charge in [-0.1, -0.05) is 0 Å². The Labute approximate surface area is 91.2 Å². The third-order valence-electron chi connectivity index (χ3n) is 2.02. The summed E-state index contributed by atoms with van der Waals surface area (Å²) in [5.41, 5.74) is 0. The monoisotopic (exact) mass is 290 g/mol. The summed E-state index contributed by atoms with van der Waals surface area (Å²) in [7, 11) is 2.08. The highest BCUT2D eigenvalue weighted by Gasteiger charge is 2.24. The van der Waals surface area contributed by atoms with Crippen molar-refractivity contribution in [3.05, 3.63) is 21.9 Å². The average molecular weight is 290 g/mol. The minimum absolute atomic E-state index is 0.331. The van der Waals surface area contributed by atoms with Crippen LogP contribution in [0.1, 0.15) is 0 Å². The van der Waals surface area contributed by atoms with E-state index in [0.717, 1.165) is 22.5 Å². The predicted octanol–water partition coefficient (Wildman–Crippen LogP) is 1.38. The number of hydrogen-bond donors (Lipinski definition) is 0. The zero-order chi connectivity index (χ0) is 9.26. The van der Waals surface area contributed by atoms with Crippen LogP contribution in [0.25, 0.3) is 0 Å². The lowest BCUT2D eigenvalue weighted by atomic mass is 10.2. The van der Waals surface area contributed by atoms with Crippen LogP contribution in [0.5, 0.6) is 5.88 Å². The Morgan fingerprint density at radius 2 is 2.31 bits per heavy atom. The van der Waals surface area contributed by atoms with E-state index in [2.05, 4.69) is 39.5 Å². The highest BCUT2D eigenvalue weighted by Crippen LogP contribution is 2.15. The first-order valence-electron chi connectivity index (χ1n) is 4.21. The van der Waals surface area contributed by atoms with Gasteiger partial charge in [-0.15, -0.1) is 0 Å². The quantitative estimate of drug-likeness (QED) is 0.769. The summed E-state index contributed by atoms with van der Waals surface area (Å²) in [5.74, 6) is 0.735. The van der Waals surface area contributed by atoms with Gasteiger partial charge in [0, 0.05) is 28.9 Å². The largest absolute Gasteiger partial charge is 0.472 e. The van der Waals surface area contributed by atoms with Crippen molar-refractivity contribution in [2.45, 2.75) is 6.10 Å². The molecule has 0 aromatic carbocycles. The molecule has 0 aliphatic carbocycles. The van der Waals surface area contributed by atoms with Crippen molar-refractivity contribution in [3.8, 4) is 5.88 Å². The van der Waals surface area contributed by atoms with Crippen molar-refractivity contribution in [2.24, 2.45) is 0 Å². The zero-order valence-electron chi connectivity index (χ0n) is 7.40. The van der Waals surface area contributed by atoms with Gasteiger partial charge in [0.25, 0.3) is 0 Å². The van der Waals surface area contributed by atoms with Gasteiger partial charge in [-0.25, -0.2) is 4.98 Å². The highest BCUT2D eigenvalue weighted by molar-refractivity contribution is 14.1. The summed E-state index contributed by atoms with van der Waals surface area (Å²) >= 11 is 2.23. The summed E-state index contributed by atoms with van der Waals surface area (Å²) in [6.07, 6.45) is 2.15. The summed E-state index contributed by atoms with van der Waals surface area (Å²) in [4.78, 5) is 6.40. The van der Waals surface area contributed by atoms with E-state index in [0.29, 0.717) is 6.10 Å². The molecule has 3 nitrogen and oxygen atoms in total. The molecule has 1 aromatic heterocycles. The molecule has 1 aromatic rings. The molecule has 0 amide bonds. The van der Waals surface area contributed by atoms with Gasteiger partial charge in [-0.3, -0.25) is 4.90 Å². The third-order valence-corrected chi connectivity index (χ3v) is 2.66. The molecule has 0 unspecified atom stereocenters. The van der Waals surface area contributed by atoms with Crippen LogP contribution >= 0.6 is 22.6 Å². The summed E-state index contributed by atoms with van der Waals surface area (Å²) in [6.45, 7) is 2.02. The van der Waals surface area contributed by atoms with Gasteiger partial charge in [-0.05, 0) is 35.7 Å². The first-order chi connectivity index (χ1) is 6.24. The Bertz CT molecular complexity index is 282. The van der Waals surface area contributed by atoms with Gasteiger partial charge in [0.05, 0.1) is 0 Å². The Kier molecular flexibility index (Phi) is 2.69. The van der Waals surface area contributed by atoms with Crippen molar-refractivity contribution in [1.82, 2.24) is 9.88 Å². The van der Waals surface area contributed by atoms with Crippen LogP contribution in [0, 0.1) is 3.57 Å². The van der Waals surface area contributed by atoms with Crippen LogP contribution in [-0.2, 0) is 0 Å². The van der Waals surface area contributed by atoms with Gasteiger partial charge in [0.15, 0.2) is 0 Å². The van der Waals surface area contributed by atoms with E-state index in [4.69, 9.17) is 4.74 Å². The molecular weight excluding hydrogens is 279 g/mol. The number of aromatic nitrogens is 1. The first kappa shape index (κ1) is 9.21. The molecule has 0 bridgehead atoms. The standard InChI is InChI=1S/C9H11IN2O/c1-12-5-8(6-12)13-9-3-2-7(10)4-11-9/h2-4,8H,5-6H2,1H3. The van der Waals surface area contributed by atoms with E-state index >= 15 is 0 Å². The Morgan fingerprint density at radius 3 is 2.85 bits per heavy atom. The summed E-state index contributed by atoms with van der Waals surface area (Å²) in [6, 6.07) is 3.92. The fraction of sp³-hybridized carbons (Fsp3) is 0.444. The first-order valence-corrected chi connectivity index (χ1v) is 5.28. The van der Waals surface area contributed by atoms with Crippen molar-refractivity contribution >= 4 is 22.6 Å². The maximum Gasteiger partial charge on any atom is 0.213 e. The third kappa shape index (κ3) is 2.31. The minimum atomic E-state index is 0.331. The molecular formula is C9H11IN2O. The van der Waals surface area contributed by atoms with Crippen molar-refractivity contribution in [1.29, 1.82) is 0 Å². The number of halogens is 1. The molecule has 1 saturated heterocycles. The van der Waals surface area contributed by atoms with E-state index in [-0.39, 0.29) is 0 Å². The SMILES string of the molecule is CN1CC(Oc2ccc(I)cn2)C1. The number of likely N-dealkylation sites (N-methyl/N-ethyl adjacent to an activating group) is 1. The van der Waals surface area contributed by atoms with E-state index < -0.39 is 0 Å². The van der Waals surface area contributed by atoms with Crippen molar-refractivity contribution < 1.29 is 4.74 Å². The van der Waals surface area contributed by atoms with E-state index in [1.165, 1.54) is 0 Å². The van der Waals surface area contributed by atoms with Crippen LogP contribution in [0.15, 0.2) is 18.3 Å². The van der Waals surface area contributed by atoms with Gasteiger partial charge >= 0.3 is 0 Å². The maximum atomic E-state index is 5.62. The maximum absolute atomic E-state index is 5.62. The second-order valence-corrected chi connectivity index (χ2v) is 4.52. The summed E-state index contributed by atoms with van der Waals surface area (Å²) in [5, 5.41) is 0. The highest BCUT2D eigenvalue weighted by atomic mass is 127. The van der Waals surface area contributed by atoms with Gasteiger partial charge in [0.1, 0.15) is 6.10 Å². The van der Waals surface area contributed by atoms with Crippen molar-refractivity contribution in [3.63, 3.8) is 0 Å². The Hall–Kier alpha value is -0.360. The van der Waals surface area contributed by atoms with Crippen molar-refractivity contribution in [2.75, 3.05) is 20.1 Å². The van der Waals surface area contributed by atoms with Gasteiger partial charge in [0.2, 0.25) is 5.88 Å². The van der Waals surface area contributed by atoms with E-state index in [9.17, 15) is 0 Å². The molecule has 70 valence electrons. The molecule has 2 heterocycles. The average Bonchev–Trinajstić information content (AvgIpc) is 2.06. The van der Waals surface area contributed by atoms with Gasteiger partial charge in [-0.2, -0.15) is 0 Å². The number of pyridine rings is 1. The second-order valence-electron chi connectivity index (χ2n) is 3.28. The lowest BCUT2D eigenvalue weighted by Gasteiger charge is -2.35. The molecule has 4 heteroatoms. The summed E-state index contributed by atoms with van der Waals surface area (Å²) < 4.78 is 6.75. The molecule has 0 radical (unpaired) electrons. The predicted molar refractivity (Wildman–Crippen MR) is 58.9 cm³/mol. The van der Waals surface area contributed by atoms with Crippen LogP contribution in [0.2, 0.25) is 0 Å². The van der Waals surface area contributed by atoms with Crippen LogP contribution in [0.3, 0.4) is 0 Å². The number of hydrogen-bond acceptors (Lipinski definition) is 3. The molecule has 1 aliphatic rings. The van der Waals surface area contributed by atoms with E-state index in [1.54, 1.807) is 0 Å². The number of nitrogens with zero attached hydrogens (tertiary/aromatic N) is 2. The lowest BCUT2D eigenvalue weighted by Crippen LogP contribution is -2.51. The Morgan fingerprint density at radius 1 is 1.54 bits per heavy atom. The fourth-order valence-electron chi connectivity index (χ4n) is 1.32. The van der Waals surface area contributed by atoms with E-state index in [1.807, 2.05) is 18.3 Å². The van der Waals surface area contributed by atoms with Crippen LogP contribution < -0.4 is 4.74 Å². The molecule has 2 rings (SSSR count). The fourth-order valence-corrected chi connectivity index (χ4v) is 1.64. The molecule has 0 spiro atoms. The number of ether oxygens (including phenoxy) is 1.